The molecule has 0 bridgehead atoms. The van der Waals surface area contributed by atoms with Crippen LogP contribution >= 0.6 is 0 Å². The molecule has 2 heterocycles. The van der Waals surface area contributed by atoms with Gasteiger partial charge in [-0.1, -0.05) is 19.8 Å². The lowest BCUT2D eigenvalue weighted by molar-refractivity contribution is 0.282. The Kier molecular flexibility index (Phi) is 5.18. The predicted octanol–water partition coefficient (Wildman–Crippen LogP) is 2.01. The van der Waals surface area contributed by atoms with E-state index in [2.05, 4.69) is 26.8 Å². The first kappa shape index (κ1) is 13.8. The normalized spacial score (nSPS) is 15.5. The Bertz CT molecular complexity index is 393. The van der Waals surface area contributed by atoms with E-state index in [0.717, 1.165) is 25.9 Å². The van der Waals surface area contributed by atoms with Crippen molar-refractivity contribution in [2.45, 2.75) is 45.4 Å². The first-order valence-corrected chi connectivity index (χ1v) is 7.19. The molecule has 0 atom stereocenters. The number of anilines is 2. The molecule has 1 aliphatic heterocycles. The van der Waals surface area contributed by atoms with Crippen LogP contribution in [0, 0.1) is 0 Å². The van der Waals surface area contributed by atoms with Gasteiger partial charge in [0.25, 0.3) is 0 Å². The van der Waals surface area contributed by atoms with Crippen molar-refractivity contribution in [1.29, 1.82) is 0 Å². The van der Waals surface area contributed by atoms with Crippen molar-refractivity contribution >= 4 is 11.9 Å². The Morgan fingerprint density at radius 1 is 1.11 bits per heavy atom. The molecule has 19 heavy (non-hydrogen) atoms. The van der Waals surface area contributed by atoms with E-state index in [9.17, 15) is 0 Å². The molecule has 0 aliphatic carbocycles. The molecule has 1 saturated heterocycles. The van der Waals surface area contributed by atoms with Crippen molar-refractivity contribution < 1.29 is 4.74 Å². The van der Waals surface area contributed by atoms with Crippen LogP contribution in [0.3, 0.4) is 0 Å². The smallest absolute Gasteiger partial charge is 0.323 e. The fraction of sp³-hybridized carbons (Fsp3) is 0.769. The number of hydrogen-bond donors (Lipinski definition) is 1. The summed E-state index contributed by atoms with van der Waals surface area (Å²) in [5, 5.41) is 0. The molecule has 1 aliphatic rings. The largest absolute Gasteiger partial charge is 0.463 e. The van der Waals surface area contributed by atoms with E-state index < -0.39 is 0 Å². The summed E-state index contributed by atoms with van der Waals surface area (Å²) in [6.45, 7) is 4.77. The van der Waals surface area contributed by atoms with E-state index in [1.807, 2.05) is 0 Å². The number of hydrogen-bond acceptors (Lipinski definition) is 6. The van der Waals surface area contributed by atoms with Gasteiger partial charge in [-0.15, -0.1) is 0 Å². The topological polar surface area (TPSA) is 77.2 Å². The predicted molar refractivity (Wildman–Crippen MR) is 75.3 cm³/mol. The highest BCUT2D eigenvalue weighted by Crippen LogP contribution is 2.18. The standard InChI is InChI=1S/C13H23N5O/c1-2-3-7-10-19-13-16-11(14)15-12(17-13)18-8-5-4-6-9-18/h2-10H2,1H3,(H2,14,15,16,17). The van der Waals surface area contributed by atoms with Crippen molar-refractivity contribution in [3.63, 3.8) is 0 Å². The molecular formula is C13H23N5O. The monoisotopic (exact) mass is 265 g/mol. The molecule has 6 nitrogen and oxygen atoms in total. The van der Waals surface area contributed by atoms with Gasteiger partial charge in [-0.3, -0.25) is 0 Å². The third-order valence-corrected chi connectivity index (χ3v) is 3.24. The molecule has 1 aromatic heterocycles. The zero-order valence-electron chi connectivity index (χ0n) is 11.6. The second-order valence-electron chi connectivity index (χ2n) is 4.88. The highest BCUT2D eigenvalue weighted by atomic mass is 16.5. The summed E-state index contributed by atoms with van der Waals surface area (Å²) in [6.07, 6.45) is 6.97. The number of unbranched alkanes of at least 4 members (excludes halogenated alkanes) is 2. The third-order valence-electron chi connectivity index (χ3n) is 3.24. The van der Waals surface area contributed by atoms with Gasteiger partial charge in [-0.05, 0) is 25.7 Å². The molecular weight excluding hydrogens is 242 g/mol. The van der Waals surface area contributed by atoms with E-state index in [4.69, 9.17) is 10.5 Å². The lowest BCUT2D eigenvalue weighted by atomic mass is 10.1. The molecule has 1 fully saturated rings. The maximum Gasteiger partial charge on any atom is 0.323 e. The van der Waals surface area contributed by atoms with Gasteiger partial charge in [0, 0.05) is 13.1 Å². The Hall–Kier alpha value is -1.59. The number of rotatable bonds is 6. The van der Waals surface area contributed by atoms with Crippen molar-refractivity contribution in [3.05, 3.63) is 0 Å². The SMILES string of the molecule is CCCCCOc1nc(N)nc(N2CCCCC2)n1. The number of aromatic nitrogens is 3. The van der Waals surface area contributed by atoms with Crippen LogP contribution in [0.1, 0.15) is 45.4 Å². The second kappa shape index (κ2) is 7.11. The zero-order chi connectivity index (χ0) is 13.5. The van der Waals surface area contributed by atoms with Crippen LogP contribution < -0.4 is 15.4 Å². The second-order valence-corrected chi connectivity index (χ2v) is 4.88. The van der Waals surface area contributed by atoms with Crippen molar-refractivity contribution in [2.75, 3.05) is 30.3 Å². The maximum absolute atomic E-state index is 5.73. The summed E-state index contributed by atoms with van der Waals surface area (Å²) in [5.41, 5.74) is 5.73. The van der Waals surface area contributed by atoms with Gasteiger partial charge in [0.15, 0.2) is 0 Å². The van der Waals surface area contributed by atoms with E-state index in [1.54, 1.807) is 0 Å². The molecule has 0 amide bonds. The van der Waals surface area contributed by atoms with Crippen molar-refractivity contribution in [1.82, 2.24) is 15.0 Å². The van der Waals surface area contributed by atoms with Crippen molar-refractivity contribution in [2.24, 2.45) is 0 Å². The number of nitrogens with two attached hydrogens (primary N) is 1. The fourth-order valence-electron chi connectivity index (χ4n) is 2.18. The average molecular weight is 265 g/mol. The number of nitrogen functional groups attached to an aromatic ring is 1. The zero-order valence-corrected chi connectivity index (χ0v) is 11.6. The average Bonchev–Trinajstić information content (AvgIpc) is 2.44. The quantitative estimate of drug-likeness (QED) is 0.793. The summed E-state index contributed by atoms with van der Waals surface area (Å²) in [6, 6.07) is 0.351. The summed E-state index contributed by atoms with van der Waals surface area (Å²) in [4.78, 5) is 14.7. The van der Waals surface area contributed by atoms with Gasteiger partial charge in [0.2, 0.25) is 11.9 Å². The van der Waals surface area contributed by atoms with E-state index in [0.29, 0.717) is 18.6 Å². The third kappa shape index (κ3) is 4.22. The van der Waals surface area contributed by atoms with Crippen LogP contribution in [0.2, 0.25) is 0 Å². The first-order chi connectivity index (χ1) is 9.29. The minimum Gasteiger partial charge on any atom is -0.463 e. The summed E-state index contributed by atoms with van der Waals surface area (Å²) in [5.74, 6) is 0.888. The van der Waals surface area contributed by atoms with Crippen LogP contribution in [0.5, 0.6) is 6.01 Å². The number of ether oxygens (including phenoxy) is 1. The Balaban J connectivity index is 1.97. The van der Waals surface area contributed by atoms with Crippen LogP contribution in [0.15, 0.2) is 0 Å². The van der Waals surface area contributed by atoms with Crippen LogP contribution in [-0.2, 0) is 0 Å². The summed E-state index contributed by atoms with van der Waals surface area (Å²) >= 11 is 0. The van der Waals surface area contributed by atoms with Gasteiger partial charge in [0.1, 0.15) is 0 Å². The van der Waals surface area contributed by atoms with Gasteiger partial charge < -0.3 is 15.4 Å². The lowest BCUT2D eigenvalue weighted by Gasteiger charge is -2.26. The van der Waals surface area contributed by atoms with Crippen molar-refractivity contribution in [3.8, 4) is 6.01 Å². The molecule has 106 valence electrons. The Morgan fingerprint density at radius 2 is 1.89 bits per heavy atom. The molecule has 0 aromatic carbocycles. The summed E-state index contributed by atoms with van der Waals surface area (Å²) < 4.78 is 5.55. The summed E-state index contributed by atoms with van der Waals surface area (Å²) in [7, 11) is 0. The van der Waals surface area contributed by atoms with E-state index in [1.165, 1.54) is 25.7 Å². The Labute approximate surface area is 114 Å². The van der Waals surface area contributed by atoms with Gasteiger partial charge in [-0.25, -0.2) is 0 Å². The minimum atomic E-state index is 0.237. The molecule has 0 spiro atoms. The lowest BCUT2D eigenvalue weighted by Crippen LogP contribution is -2.31. The minimum absolute atomic E-state index is 0.237. The van der Waals surface area contributed by atoms with E-state index >= 15 is 0 Å². The number of piperidine rings is 1. The van der Waals surface area contributed by atoms with Gasteiger partial charge in [0.05, 0.1) is 6.61 Å². The van der Waals surface area contributed by atoms with E-state index in [-0.39, 0.29) is 5.95 Å². The highest BCUT2D eigenvalue weighted by molar-refractivity contribution is 5.36. The van der Waals surface area contributed by atoms with Crippen LogP contribution in [0.4, 0.5) is 11.9 Å². The van der Waals surface area contributed by atoms with Crippen LogP contribution in [0.25, 0.3) is 0 Å². The van der Waals surface area contributed by atoms with Gasteiger partial charge in [-0.2, -0.15) is 15.0 Å². The number of nitrogens with zero attached hydrogens (tertiary/aromatic N) is 4. The fourth-order valence-corrected chi connectivity index (χ4v) is 2.18. The molecule has 6 heteroatoms. The molecule has 2 rings (SSSR count). The highest BCUT2D eigenvalue weighted by Gasteiger charge is 2.15. The molecule has 0 unspecified atom stereocenters. The maximum atomic E-state index is 5.73. The Morgan fingerprint density at radius 3 is 2.63 bits per heavy atom. The first-order valence-electron chi connectivity index (χ1n) is 7.19. The molecule has 0 saturated carbocycles. The van der Waals surface area contributed by atoms with Crippen LogP contribution in [-0.4, -0.2) is 34.6 Å². The molecule has 0 radical (unpaired) electrons. The van der Waals surface area contributed by atoms with Gasteiger partial charge >= 0.3 is 6.01 Å². The molecule has 1 aromatic rings. The molecule has 2 N–H and O–H groups in total.